The zero-order valence-corrected chi connectivity index (χ0v) is 11.5. The molecular weight excluding hydrogens is 272 g/mol. The number of nitrogens with zero attached hydrogens (tertiary/aromatic N) is 2. The minimum atomic E-state index is -0.432. The normalized spacial score (nSPS) is 21.1. The molecule has 2 aromatic rings. The lowest BCUT2D eigenvalue weighted by atomic mass is 9.88. The Kier molecular flexibility index (Phi) is 3.61. The standard InChI is InChI=1S/C16H13ClN2O/c17-13-8-6-12(7-9-13)16(20)15-14(10-18-19-15)11-4-2-1-3-5-11/h1-9,14-15H,10H2/t14-,15+/m0/s1. The van der Waals surface area contributed by atoms with E-state index in [0.717, 1.165) is 5.56 Å². The van der Waals surface area contributed by atoms with Crippen LogP contribution in [0, 0.1) is 0 Å². The highest BCUT2D eigenvalue weighted by atomic mass is 35.5. The van der Waals surface area contributed by atoms with Crippen molar-refractivity contribution in [3.8, 4) is 0 Å². The molecule has 0 spiro atoms. The molecule has 0 radical (unpaired) electrons. The summed E-state index contributed by atoms with van der Waals surface area (Å²) >= 11 is 5.85. The summed E-state index contributed by atoms with van der Waals surface area (Å²) in [6.07, 6.45) is 0. The molecule has 3 nitrogen and oxygen atoms in total. The van der Waals surface area contributed by atoms with Gasteiger partial charge in [0.25, 0.3) is 0 Å². The van der Waals surface area contributed by atoms with E-state index < -0.39 is 6.04 Å². The van der Waals surface area contributed by atoms with Gasteiger partial charge in [-0.25, -0.2) is 0 Å². The molecule has 0 bridgehead atoms. The lowest BCUT2D eigenvalue weighted by Gasteiger charge is -2.15. The molecule has 100 valence electrons. The quantitative estimate of drug-likeness (QED) is 0.781. The third kappa shape index (κ3) is 2.49. The lowest BCUT2D eigenvalue weighted by molar-refractivity contribution is 0.0956. The molecule has 3 rings (SSSR count). The molecule has 0 amide bonds. The van der Waals surface area contributed by atoms with Gasteiger partial charge in [-0.1, -0.05) is 41.9 Å². The van der Waals surface area contributed by atoms with Gasteiger partial charge in [-0.05, 0) is 29.8 Å². The van der Waals surface area contributed by atoms with Crippen molar-refractivity contribution in [2.45, 2.75) is 12.0 Å². The van der Waals surface area contributed by atoms with Crippen LogP contribution in [0.25, 0.3) is 0 Å². The molecule has 1 aliphatic heterocycles. The Morgan fingerprint density at radius 3 is 2.45 bits per heavy atom. The molecule has 4 heteroatoms. The number of hydrogen-bond acceptors (Lipinski definition) is 3. The van der Waals surface area contributed by atoms with E-state index in [2.05, 4.69) is 10.2 Å². The van der Waals surface area contributed by atoms with Crippen molar-refractivity contribution in [1.82, 2.24) is 0 Å². The second-order valence-electron chi connectivity index (χ2n) is 4.77. The summed E-state index contributed by atoms with van der Waals surface area (Å²) in [6.45, 7) is 0.564. The van der Waals surface area contributed by atoms with Crippen molar-refractivity contribution < 1.29 is 4.79 Å². The minimum Gasteiger partial charge on any atom is -0.292 e. The van der Waals surface area contributed by atoms with Crippen molar-refractivity contribution in [2.75, 3.05) is 6.54 Å². The van der Waals surface area contributed by atoms with Gasteiger partial charge in [0.1, 0.15) is 6.04 Å². The number of carbonyl (C=O) groups is 1. The van der Waals surface area contributed by atoms with Crippen LogP contribution in [0.1, 0.15) is 21.8 Å². The molecule has 0 saturated heterocycles. The minimum absolute atomic E-state index is 0.00299. The average Bonchev–Trinajstić information content (AvgIpc) is 2.97. The van der Waals surface area contributed by atoms with Gasteiger partial charge in [-0.3, -0.25) is 4.79 Å². The highest BCUT2D eigenvalue weighted by Crippen LogP contribution is 2.30. The number of halogens is 1. The summed E-state index contributed by atoms with van der Waals surface area (Å²) in [5, 5.41) is 8.82. The van der Waals surface area contributed by atoms with Gasteiger partial charge in [0.2, 0.25) is 0 Å². The molecule has 0 aliphatic carbocycles. The van der Waals surface area contributed by atoms with Gasteiger partial charge >= 0.3 is 0 Å². The fourth-order valence-electron chi connectivity index (χ4n) is 2.41. The van der Waals surface area contributed by atoms with Gasteiger partial charge in [-0.2, -0.15) is 10.2 Å². The Hall–Kier alpha value is -2.00. The zero-order chi connectivity index (χ0) is 13.9. The first-order valence-corrected chi connectivity index (χ1v) is 6.85. The summed E-state index contributed by atoms with van der Waals surface area (Å²) in [5.74, 6) is 0.0242. The van der Waals surface area contributed by atoms with E-state index in [1.54, 1.807) is 24.3 Å². The van der Waals surface area contributed by atoms with Crippen LogP contribution in [0.15, 0.2) is 64.8 Å². The van der Waals surface area contributed by atoms with E-state index in [0.29, 0.717) is 17.1 Å². The second kappa shape index (κ2) is 5.55. The van der Waals surface area contributed by atoms with Gasteiger partial charge < -0.3 is 0 Å². The van der Waals surface area contributed by atoms with Crippen LogP contribution >= 0.6 is 11.6 Å². The Morgan fingerprint density at radius 2 is 1.75 bits per heavy atom. The highest BCUT2D eigenvalue weighted by molar-refractivity contribution is 6.30. The Labute approximate surface area is 122 Å². The van der Waals surface area contributed by atoms with Gasteiger partial charge in [-0.15, -0.1) is 0 Å². The predicted molar refractivity (Wildman–Crippen MR) is 78.5 cm³/mol. The first kappa shape index (κ1) is 13.0. The Bertz CT molecular complexity index is 637. The smallest absolute Gasteiger partial charge is 0.189 e. The summed E-state index contributed by atoms with van der Waals surface area (Å²) in [4.78, 5) is 12.5. The number of Topliss-reactive ketones (excluding diaryl/α,β-unsaturated/α-hetero) is 1. The van der Waals surface area contributed by atoms with Crippen molar-refractivity contribution in [3.63, 3.8) is 0 Å². The maximum atomic E-state index is 12.5. The molecule has 1 heterocycles. The first-order valence-electron chi connectivity index (χ1n) is 6.47. The van der Waals surface area contributed by atoms with Crippen molar-refractivity contribution >= 4 is 17.4 Å². The van der Waals surface area contributed by atoms with Gasteiger partial charge in [0, 0.05) is 16.5 Å². The molecule has 0 aromatic heterocycles. The molecule has 0 saturated carbocycles. The largest absolute Gasteiger partial charge is 0.292 e. The van der Waals surface area contributed by atoms with E-state index in [1.165, 1.54) is 0 Å². The highest BCUT2D eigenvalue weighted by Gasteiger charge is 2.33. The van der Waals surface area contributed by atoms with Gasteiger partial charge in [0.15, 0.2) is 5.78 Å². The number of hydrogen-bond donors (Lipinski definition) is 0. The Balaban J connectivity index is 1.87. The fourth-order valence-corrected chi connectivity index (χ4v) is 2.54. The van der Waals surface area contributed by atoms with E-state index in [1.807, 2.05) is 30.3 Å². The molecule has 1 aliphatic rings. The molecule has 2 atom stereocenters. The van der Waals surface area contributed by atoms with Crippen LogP contribution in [-0.4, -0.2) is 18.4 Å². The predicted octanol–water partition coefficient (Wildman–Crippen LogP) is 4.14. The van der Waals surface area contributed by atoms with Crippen molar-refractivity contribution in [2.24, 2.45) is 10.2 Å². The van der Waals surface area contributed by atoms with Crippen LogP contribution in [0.3, 0.4) is 0 Å². The molecule has 20 heavy (non-hydrogen) atoms. The summed E-state index contributed by atoms with van der Waals surface area (Å²) in [7, 11) is 0. The van der Waals surface area contributed by atoms with Crippen molar-refractivity contribution in [3.05, 3.63) is 70.7 Å². The van der Waals surface area contributed by atoms with E-state index in [9.17, 15) is 4.79 Å². The molecular formula is C16H13ClN2O. The molecule has 0 unspecified atom stereocenters. The summed E-state index contributed by atoms with van der Waals surface area (Å²) < 4.78 is 0. The number of ketones is 1. The van der Waals surface area contributed by atoms with Crippen LogP contribution in [0.2, 0.25) is 5.02 Å². The SMILES string of the molecule is O=C(c1ccc(Cl)cc1)[C@@H]1N=NC[C@H]1c1ccccc1. The molecule has 0 N–H and O–H groups in total. The number of rotatable bonds is 3. The average molecular weight is 285 g/mol. The topological polar surface area (TPSA) is 41.8 Å². The third-order valence-electron chi connectivity index (χ3n) is 3.49. The number of azo groups is 1. The van der Waals surface area contributed by atoms with Crippen LogP contribution in [0.4, 0.5) is 0 Å². The van der Waals surface area contributed by atoms with E-state index in [-0.39, 0.29) is 11.7 Å². The van der Waals surface area contributed by atoms with Crippen LogP contribution < -0.4 is 0 Å². The summed E-state index contributed by atoms with van der Waals surface area (Å²) in [6, 6.07) is 16.4. The zero-order valence-electron chi connectivity index (χ0n) is 10.7. The van der Waals surface area contributed by atoms with Crippen LogP contribution in [0.5, 0.6) is 0 Å². The number of carbonyl (C=O) groups excluding carboxylic acids is 1. The third-order valence-corrected chi connectivity index (χ3v) is 3.74. The number of benzene rings is 2. The lowest BCUT2D eigenvalue weighted by Crippen LogP contribution is -2.24. The van der Waals surface area contributed by atoms with Gasteiger partial charge in [0.05, 0.1) is 6.54 Å². The maximum Gasteiger partial charge on any atom is 0.189 e. The van der Waals surface area contributed by atoms with Crippen molar-refractivity contribution in [1.29, 1.82) is 0 Å². The van der Waals surface area contributed by atoms with E-state index in [4.69, 9.17) is 11.6 Å². The first-order chi connectivity index (χ1) is 9.75. The second-order valence-corrected chi connectivity index (χ2v) is 5.21. The molecule has 2 aromatic carbocycles. The monoisotopic (exact) mass is 284 g/mol. The maximum absolute atomic E-state index is 12.5. The summed E-state index contributed by atoms with van der Waals surface area (Å²) in [5.41, 5.74) is 1.73. The van der Waals surface area contributed by atoms with Crippen LogP contribution in [-0.2, 0) is 0 Å². The fraction of sp³-hybridized carbons (Fsp3) is 0.188. The Morgan fingerprint density at radius 1 is 1.05 bits per heavy atom. The molecule has 0 fully saturated rings. The van der Waals surface area contributed by atoms with E-state index >= 15 is 0 Å².